The summed E-state index contributed by atoms with van der Waals surface area (Å²) in [6, 6.07) is 0.623. The van der Waals surface area contributed by atoms with Gasteiger partial charge in [-0.25, -0.2) is 0 Å². The molecule has 0 radical (unpaired) electrons. The average molecular weight is 144 g/mol. The highest BCUT2D eigenvalue weighted by atomic mass is 14.9. The van der Waals surface area contributed by atoms with E-state index in [4.69, 9.17) is 0 Å². The van der Waals surface area contributed by atoms with Gasteiger partial charge in [0.15, 0.2) is 0 Å². The smallest absolute Gasteiger partial charge is 0.00760 e. The van der Waals surface area contributed by atoms with E-state index in [-0.39, 0.29) is 0 Å². The van der Waals surface area contributed by atoms with E-state index < -0.39 is 0 Å². The molecule has 0 rings (SSSR count). The Balaban J connectivity index is 3.56. The first-order valence-electron chi connectivity index (χ1n) is 4.08. The molecular weight excluding hydrogens is 124 g/mol. The van der Waals surface area contributed by atoms with Gasteiger partial charge in [0.1, 0.15) is 0 Å². The first-order chi connectivity index (χ1) is 4.76. The fourth-order valence-electron chi connectivity index (χ4n) is 1.17. The van der Waals surface area contributed by atoms with Gasteiger partial charge in [0, 0.05) is 6.04 Å². The maximum atomic E-state index is 3.26. The molecule has 0 aliphatic rings. The maximum absolute atomic E-state index is 3.26. The van der Waals surface area contributed by atoms with Gasteiger partial charge in [-0.05, 0) is 33.5 Å². The van der Waals surface area contributed by atoms with Crippen LogP contribution in [-0.2, 0) is 0 Å². The lowest BCUT2D eigenvalue weighted by Gasteiger charge is -2.21. The number of hydrogen-bond donors (Lipinski definition) is 2. The lowest BCUT2D eigenvalue weighted by molar-refractivity contribution is 0.372. The minimum atomic E-state index is 0.623. The van der Waals surface area contributed by atoms with E-state index in [2.05, 4.69) is 24.5 Å². The Morgan fingerprint density at radius 1 is 1.30 bits per heavy atom. The predicted octanol–water partition coefficient (Wildman–Crippen LogP) is 0.840. The van der Waals surface area contributed by atoms with Crippen LogP contribution in [-0.4, -0.2) is 26.7 Å². The van der Waals surface area contributed by atoms with Crippen LogP contribution in [0.5, 0.6) is 0 Å². The van der Waals surface area contributed by atoms with Gasteiger partial charge in [-0.2, -0.15) is 0 Å². The van der Waals surface area contributed by atoms with Crippen molar-refractivity contribution in [3.05, 3.63) is 0 Å². The Bertz CT molecular complexity index is 73.7. The summed E-state index contributed by atoms with van der Waals surface area (Å²) in [5.74, 6) is 0.759. The van der Waals surface area contributed by atoms with E-state index in [0.29, 0.717) is 6.04 Å². The lowest BCUT2D eigenvalue weighted by Crippen LogP contribution is -2.35. The van der Waals surface area contributed by atoms with E-state index in [1.165, 1.54) is 6.42 Å². The van der Waals surface area contributed by atoms with Crippen molar-refractivity contribution in [3.63, 3.8) is 0 Å². The van der Waals surface area contributed by atoms with Crippen LogP contribution in [0.2, 0.25) is 0 Å². The number of rotatable bonds is 5. The molecular formula is C8H20N2. The third-order valence-electron chi connectivity index (χ3n) is 2.15. The van der Waals surface area contributed by atoms with Crippen LogP contribution in [0.4, 0.5) is 0 Å². The summed E-state index contributed by atoms with van der Waals surface area (Å²) in [5.41, 5.74) is 0. The zero-order valence-electron chi connectivity index (χ0n) is 7.57. The van der Waals surface area contributed by atoms with Crippen LogP contribution in [0, 0.1) is 5.92 Å². The molecule has 2 N–H and O–H groups in total. The van der Waals surface area contributed by atoms with Gasteiger partial charge in [0.2, 0.25) is 0 Å². The van der Waals surface area contributed by atoms with E-state index >= 15 is 0 Å². The van der Waals surface area contributed by atoms with Crippen LogP contribution in [0.1, 0.15) is 20.3 Å². The summed E-state index contributed by atoms with van der Waals surface area (Å²) >= 11 is 0. The first-order valence-corrected chi connectivity index (χ1v) is 4.08. The Kier molecular flexibility index (Phi) is 5.64. The van der Waals surface area contributed by atoms with Crippen molar-refractivity contribution in [3.8, 4) is 0 Å². The van der Waals surface area contributed by atoms with Crippen molar-refractivity contribution in [2.75, 3.05) is 20.6 Å². The molecule has 0 bridgehead atoms. The largest absolute Gasteiger partial charge is 0.319 e. The van der Waals surface area contributed by atoms with Gasteiger partial charge in [0.05, 0.1) is 0 Å². The first kappa shape index (κ1) is 9.92. The molecule has 0 aliphatic heterocycles. The zero-order valence-corrected chi connectivity index (χ0v) is 7.57. The van der Waals surface area contributed by atoms with Crippen LogP contribution >= 0.6 is 0 Å². The standard InChI is InChI=1S/C8H20N2/c1-5-8(6-9-3)7(2)10-4/h7-10H,5-6H2,1-4H3. The molecule has 2 heteroatoms. The molecule has 0 aromatic rings. The van der Waals surface area contributed by atoms with Crippen LogP contribution < -0.4 is 10.6 Å². The van der Waals surface area contributed by atoms with Gasteiger partial charge in [-0.3, -0.25) is 0 Å². The molecule has 0 spiro atoms. The third kappa shape index (κ3) is 3.18. The summed E-state index contributed by atoms with van der Waals surface area (Å²) in [6.07, 6.45) is 1.24. The minimum absolute atomic E-state index is 0.623. The van der Waals surface area contributed by atoms with Crippen molar-refractivity contribution in [2.45, 2.75) is 26.3 Å². The van der Waals surface area contributed by atoms with Crippen molar-refractivity contribution < 1.29 is 0 Å². The van der Waals surface area contributed by atoms with E-state index in [1.54, 1.807) is 0 Å². The third-order valence-corrected chi connectivity index (χ3v) is 2.15. The predicted molar refractivity (Wildman–Crippen MR) is 46.2 cm³/mol. The highest BCUT2D eigenvalue weighted by molar-refractivity contribution is 4.70. The lowest BCUT2D eigenvalue weighted by atomic mass is 9.99. The second-order valence-corrected chi connectivity index (χ2v) is 2.80. The monoisotopic (exact) mass is 144 g/mol. The van der Waals surface area contributed by atoms with E-state index in [0.717, 1.165) is 12.5 Å². The van der Waals surface area contributed by atoms with Gasteiger partial charge in [-0.15, -0.1) is 0 Å². The molecule has 0 saturated carbocycles. The summed E-state index contributed by atoms with van der Waals surface area (Å²) in [5, 5.41) is 6.45. The van der Waals surface area contributed by atoms with Gasteiger partial charge in [-0.1, -0.05) is 13.3 Å². The molecule has 0 aromatic carbocycles. The maximum Gasteiger partial charge on any atom is 0.00760 e. The highest BCUT2D eigenvalue weighted by Crippen LogP contribution is 2.05. The van der Waals surface area contributed by atoms with Crippen LogP contribution in [0.3, 0.4) is 0 Å². The van der Waals surface area contributed by atoms with E-state index in [9.17, 15) is 0 Å². The van der Waals surface area contributed by atoms with Gasteiger partial charge in [0.25, 0.3) is 0 Å². The molecule has 2 nitrogen and oxygen atoms in total. The Hall–Kier alpha value is -0.0800. The fraction of sp³-hybridized carbons (Fsp3) is 1.00. The minimum Gasteiger partial charge on any atom is -0.319 e. The second-order valence-electron chi connectivity index (χ2n) is 2.80. The summed E-state index contributed by atoms with van der Waals surface area (Å²) in [7, 11) is 4.02. The summed E-state index contributed by atoms with van der Waals surface area (Å²) < 4.78 is 0. The number of hydrogen-bond acceptors (Lipinski definition) is 2. The molecule has 0 saturated heterocycles. The van der Waals surface area contributed by atoms with Gasteiger partial charge < -0.3 is 10.6 Å². The van der Waals surface area contributed by atoms with Crippen LogP contribution in [0.25, 0.3) is 0 Å². The number of nitrogens with one attached hydrogen (secondary N) is 2. The van der Waals surface area contributed by atoms with Crippen molar-refractivity contribution >= 4 is 0 Å². The summed E-state index contributed by atoms with van der Waals surface area (Å²) in [4.78, 5) is 0. The molecule has 2 atom stereocenters. The zero-order chi connectivity index (χ0) is 7.98. The quantitative estimate of drug-likeness (QED) is 0.597. The van der Waals surface area contributed by atoms with Crippen molar-refractivity contribution in [1.82, 2.24) is 10.6 Å². The fourth-order valence-corrected chi connectivity index (χ4v) is 1.17. The molecule has 62 valence electrons. The summed E-state index contributed by atoms with van der Waals surface area (Å²) in [6.45, 7) is 5.57. The second kappa shape index (κ2) is 5.69. The Morgan fingerprint density at radius 3 is 2.20 bits per heavy atom. The highest BCUT2D eigenvalue weighted by Gasteiger charge is 2.11. The van der Waals surface area contributed by atoms with Crippen LogP contribution in [0.15, 0.2) is 0 Å². The Morgan fingerprint density at radius 2 is 1.90 bits per heavy atom. The molecule has 0 aliphatic carbocycles. The molecule has 0 amide bonds. The van der Waals surface area contributed by atoms with Crippen molar-refractivity contribution in [2.24, 2.45) is 5.92 Å². The SMILES string of the molecule is CCC(CNC)C(C)NC. The molecule has 2 unspecified atom stereocenters. The van der Waals surface area contributed by atoms with E-state index in [1.807, 2.05) is 14.1 Å². The molecule has 10 heavy (non-hydrogen) atoms. The molecule has 0 fully saturated rings. The Labute approximate surface area is 64.4 Å². The van der Waals surface area contributed by atoms with Crippen molar-refractivity contribution in [1.29, 1.82) is 0 Å². The molecule has 0 aromatic heterocycles. The van der Waals surface area contributed by atoms with Gasteiger partial charge >= 0.3 is 0 Å². The topological polar surface area (TPSA) is 24.1 Å². The normalized spacial score (nSPS) is 16.8. The average Bonchev–Trinajstić information content (AvgIpc) is 1.99. The molecule has 0 heterocycles.